The van der Waals surface area contributed by atoms with E-state index in [4.69, 9.17) is 0 Å². The second-order valence-electron chi connectivity index (χ2n) is 6.37. The number of carbonyl (C=O) groups is 2. The smallest absolute Gasteiger partial charge is 0.310 e. The molecule has 0 aromatic heterocycles. The molecule has 0 aliphatic carbocycles. The Kier molecular flexibility index (Phi) is 5.57. The number of hydrogen-bond donors (Lipinski definition) is 1. The van der Waals surface area contributed by atoms with Crippen molar-refractivity contribution in [2.24, 2.45) is 11.3 Å². The lowest BCUT2D eigenvalue weighted by Crippen LogP contribution is -2.54. The maximum atomic E-state index is 12.4. The lowest BCUT2D eigenvalue weighted by Gasteiger charge is -2.40. The second-order valence-corrected chi connectivity index (χ2v) is 6.37. The quantitative estimate of drug-likeness (QED) is 0.834. The van der Waals surface area contributed by atoms with Crippen molar-refractivity contribution in [3.63, 3.8) is 0 Å². The molecule has 0 aromatic rings. The third kappa shape index (κ3) is 3.51. The Morgan fingerprint density at radius 1 is 1.35 bits per heavy atom. The van der Waals surface area contributed by atoms with Crippen LogP contribution in [0, 0.1) is 11.3 Å². The zero-order valence-corrected chi connectivity index (χ0v) is 13.3. The number of carboxylic acids is 1. The highest BCUT2D eigenvalue weighted by molar-refractivity contribution is 5.85. The number of nitrogens with zero attached hydrogens (tertiary/aromatic N) is 2. The number of piperazine rings is 1. The van der Waals surface area contributed by atoms with Gasteiger partial charge in [-0.25, -0.2) is 0 Å². The van der Waals surface area contributed by atoms with Crippen LogP contribution in [0.25, 0.3) is 0 Å². The molecule has 1 fully saturated rings. The van der Waals surface area contributed by atoms with Gasteiger partial charge in [-0.3, -0.25) is 14.5 Å². The number of carbonyl (C=O) groups excluding carboxylic acids is 1. The van der Waals surface area contributed by atoms with Gasteiger partial charge in [-0.15, -0.1) is 0 Å². The van der Waals surface area contributed by atoms with E-state index >= 15 is 0 Å². The van der Waals surface area contributed by atoms with Crippen LogP contribution >= 0.6 is 0 Å². The summed E-state index contributed by atoms with van der Waals surface area (Å²) < 4.78 is 0. The van der Waals surface area contributed by atoms with Crippen LogP contribution in [0.5, 0.6) is 0 Å². The summed E-state index contributed by atoms with van der Waals surface area (Å²) in [7, 11) is 0. The highest BCUT2D eigenvalue weighted by Gasteiger charge is 2.40. The molecule has 2 unspecified atom stereocenters. The molecular weight excluding hydrogens is 256 g/mol. The summed E-state index contributed by atoms with van der Waals surface area (Å²) in [4.78, 5) is 28.0. The zero-order valence-electron chi connectivity index (χ0n) is 13.3. The highest BCUT2D eigenvalue weighted by atomic mass is 16.4. The van der Waals surface area contributed by atoms with Gasteiger partial charge in [0.15, 0.2) is 0 Å². The minimum absolute atomic E-state index is 0.0359. The predicted molar refractivity (Wildman–Crippen MR) is 78.5 cm³/mol. The van der Waals surface area contributed by atoms with E-state index in [0.717, 1.165) is 13.1 Å². The first kappa shape index (κ1) is 17.0. The van der Waals surface area contributed by atoms with Gasteiger partial charge >= 0.3 is 5.97 Å². The van der Waals surface area contributed by atoms with Gasteiger partial charge in [-0.1, -0.05) is 20.8 Å². The van der Waals surface area contributed by atoms with Gasteiger partial charge < -0.3 is 10.0 Å². The van der Waals surface area contributed by atoms with Crippen LogP contribution in [0.2, 0.25) is 0 Å². The fourth-order valence-corrected chi connectivity index (χ4v) is 2.64. The summed E-state index contributed by atoms with van der Waals surface area (Å²) in [6.07, 6.45) is 0.0822. The molecule has 116 valence electrons. The van der Waals surface area contributed by atoms with Crippen LogP contribution in [-0.2, 0) is 9.59 Å². The standard InChI is InChI=1S/C15H28N2O3/c1-6-16-7-8-17(10-12(16)4)13(18)9-15(5,11(2)3)14(19)20/h11-12H,6-10H2,1-5H3,(H,19,20). The van der Waals surface area contributed by atoms with Crippen LogP contribution in [0.15, 0.2) is 0 Å². The van der Waals surface area contributed by atoms with Crippen molar-refractivity contribution in [3.05, 3.63) is 0 Å². The molecule has 1 amide bonds. The van der Waals surface area contributed by atoms with Crippen LogP contribution in [-0.4, -0.2) is 59.0 Å². The summed E-state index contributed by atoms with van der Waals surface area (Å²) in [6, 6.07) is 0.341. The van der Waals surface area contributed by atoms with Crippen LogP contribution in [0.3, 0.4) is 0 Å². The molecule has 5 heteroatoms. The van der Waals surface area contributed by atoms with E-state index in [-0.39, 0.29) is 18.2 Å². The van der Waals surface area contributed by atoms with Gasteiger partial charge in [0.1, 0.15) is 0 Å². The average Bonchev–Trinajstić information content (AvgIpc) is 2.37. The van der Waals surface area contributed by atoms with E-state index in [1.54, 1.807) is 6.92 Å². The molecule has 0 bridgehead atoms. The van der Waals surface area contributed by atoms with Gasteiger partial charge in [0.25, 0.3) is 0 Å². The molecule has 1 aliphatic rings. The SMILES string of the molecule is CCN1CCN(C(=O)CC(C)(C(=O)O)C(C)C)CC1C. The van der Waals surface area contributed by atoms with E-state index in [1.807, 2.05) is 18.7 Å². The Morgan fingerprint density at radius 2 is 1.95 bits per heavy atom. The molecule has 0 radical (unpaired) electrons. The number of amides is 1. The third-order valence-corrected chi connectivity index (χ3v) is 4.81. The first-order valence-corrected chi connectivity index (χ1v) is 7.47. The molecule has 1 N–H and O–H groups in total. The minimum Gasteiger partial charge on any atom is -0.481 e. The summed E-state index contributed by atoms with van der Waals surface area (Å²) >= 11 is 0. The molecule has 0 saturated carbocycles. The first-order valence-electron chi connectivity index (χ1n) is 7.47. The molecule has 2 atom stereocenters. The Bertz CT molecular complexity index is 370. The van der Waals surface area contributed by atoms with E-state index in [1.165, 1.54) is 0 Å². The molecule has 1 saturated heterocycles. The summed E-state index contributed by atoms with van der Waals surface area (Å²) in [5, 5.41) is 9.40. The maximum absolute atomic E-state index is 12.4. The normalized spacial score (nSPS) is 23.7. The molecular formula is C15H28N2O3. The van der Waals surface area contributed by atoms with Crippen molar-refractivity contribution in [2.75, 3.05) is 26.2 Å². The first-order chi connectivity index (χ1) is 9.22. The summed E-state index contributed by atoms with van der Waals surface area (Å²) in [5.74, 6) is -0.995. The lowest BCUT2D eigenvalue weighted by molar-refractivity contribution is -0.156. The largest absolute Gasteiger partial charge is 0.481 e. The van der Waals surface area contributed by atoms with Crippen LogP contribution in [0.4, 0.5) is 0 Å². The predicted octanol–water partition coefficient (Wildman–Crippen LogP) is 1.68. The molecule has 1 heterocycles. The number of hydrogen-bond acceptors (Lipinski definition) is 3. The van der Waals surface area contributed by atoms with Crippen molar-refractivity contribution in [1.82, 2.24) is 9.80 Å². The molecule has 5 nitrogen and oxygen atoms in total. The monoisotopic (exact) mass is 284 g/mol. The number of rotatable bonds is 5. The molecule has 0 aromatic carbocycles. The van der Waals surface area contributed by atoms with Crippen LogP contribution in [0.1, 0.15) is 41.0 Å². The fourth-order valence-electron chi connectivity index (χ4n) is 2.64. The average molecular weight is 284 g/mol. The number of likely N-dealkylation sites (N-methyl/N-ethyl adjacent to an activating group) is 1. The van der Waals surface area contributed by atoms with E-state index in [0.29, 0.717) is 19.1 Å². The van der Waals surface area contributed by atoms with Crippen molar-refractivity contribution in [3.8, 4) is 0 Å². The van der Waals surface area contributed by atoms with Crippen molar-refractivity contribution >= 4 is 11.9 Å². The van der Waals surface area contributed by atoms with Gasteiger partial charge in [0.2, 0.25) is 5.91 Å². The summed E-state index contributed by atoms with van der Waals surface area (Å²) in [6.45, 7) is 12.9. The van der Waals surface area contributed by atoms with Gasteiger partial charge in [-0.2, -0.15) is 0 Å². The molecule has 20 heavy (non-hydrogen) atoms. The maximum Gasteiger partial charge on any atom is 0.310 e. The Morgan fingerprint density at radius 3 is 2.35 bits per heavy atom. The number of carboxylic acid groups (broad SMARTS) is 1. The molecule has 1 aliphatic heterocycles. The third-order valence-electron chi connectivity index (χ3n) is 4.81. The van der Waals surface area contributed by atoms with E-state index in [9.17, 15) is 14.7 Å². The Balaban J connectivity index is 2.70. The molecule has 0 spiro atoms. The van der Waals surface area contributed by atoms with Gasteiger partial charge in [0, 0.05) is 32.1 Å². The lowest BCUT2D eigenvalue weighted by atomic mass is 9.76. The Hall–Kier alpha value is -1.10. The summed E-state index contributed by atoms with van der Waals surface area (Å²) in [5.41, 5.74) is -0.984. The van der Waals surface area contributed by atoms with E-state index < -0.39 is 11.4 Å². The van der Waals surface area contributed by atoms with Crippen molar-refractivity contribution in [1.29, 1.82) is 0 Å². The van der Waals surface area contributed by atoms with Crippen molar-refractivity contribution in [2.45, 2.75) is 47.1 Å². The van der Waals surface area contributed by atoms with Gasteiger partial charge in [-0.05, 0) is 26.3 Å². The van der Waals surface area contributed by atoms with Crippen LogP contribution < -0.4 is 0 Å². The Labute approximate surface area is 121 Å². The molecule has 1 rings (SSSR count). The topological polar surface area (TPSA) is 60.9 Å². The number of aliphatic carboxylic acids is 1. The van der Waals surface area contributed by atoms with Gasteiger partial charge in [0.05, 0.1) is 5.41 Å². The minimum atomic E-state index is -0.984. The fraction of sp³-hybridized carbons (Fsp3) is 0.867. The zero-order chi connectivity index (χ0) is 15.5. The van der Waals surface area contributed by atoms with E-state index in [2.05, 4.69) is 18.7 Å². The second kappa shape index (κ2) is 6.57. The van der Waals surface area contributed by atoms with Crippen molar-refractivity contribution < 1.29 is 14.7 Å². The highest BCUT2D eigenvalue weighted by Crippen LogP contribution is 2.32.